The molecule has 0 saturated carbocycles. The molecule has 0 aliphatic rings. The number of carbonyl (C=O) groups is 1. The fourth-order valence-corrected chi connectivity index (χ4v) is 2.31. The van der Waals surface area contributed by atoms with Gasteiger partial charge >= 0.3 is 0 Å². The monoisotopic (exact) mass is 312 g/mol. The van der Waals surface area contributed by atoms with E-state index in [1.54, 1.807) is 26.8 Å². The predicted octanol–water partition coefficient (Wildman–Crippen LogP) is 1.88. The van der Waals surface area contributed by atoms with Gasteiger partial charge in [-0.15, -0.1) is 0 Å². The summed E-state index contributed by atoms with van der Waals surface area (Å²) in [6.45, 7) is 8.78. The number of hydrogen-bond donors (Lipinski definition) is 2. The maximum atomic E-state index is 12.0. The van der Waals surface area contributed by atoms with Crippen LogP contribution in [0.1, 0.15) is 20.8 Å². The Morgan fingerprint density at radius 3 is 2.52 bits per heavy atom. The van der Waals surface area contributed by atoms with E-state index >= 15 is 0 Å². The Labute approximate surface area is 125 Å². The van der Waals surface area contributed by atoms with Crippen LogP contribution in [0.15, 0.2) is 35.7 Å². The van der Waals surface area contributed by atoms with Gasteiger partial charge in [0.1, 0.15) is 17.3 Å². The average molecular weight is 312 g/mol. The van der Waals surface area contributed by atoms with Gasteiger partial charge < -0.3 is 10.1 Å². The van der Waals surface area contributed by atoms with Crippen molar-refractivity contribution in [3.8, 4) is 5.75 Å². The van der Waals surface area contributed by atoms with Gasteiger partial charge in [-0.05, 0) is 12.1 Å². The zero-order valence-corrected chi connectivity index (χ0v) is 13.2. The molecule has 0 aliphatic carbocycles. The second-order valence-electron chi connectivity index (χ2n) is 5.48. The molecule has 0 bridgehead atoms. The number of primary sulfonamides is 1. The van der Waals surface area contributed by atoms with Crippen LogP contribution >= 0.6 is 0 Å². The number of nitrogens with two attached hydrogens (primary N) is 1. The number of sulfonamides is 1. The second kappa shape index (κ2) is 6.28. The van der Waals surface area contributed by atoms with Crippen LogP contribution < -0.4 is 15.2 Å². The summed E-state index contributed by atoms with van der Waals surface area (Å²) in [5.41, 5.74) is -0.577. The summed E-state index contributed by atoms with van der Waals surface area (Å²) in [7, 11) is -4.06. The van der Waals surface area contributed by atoms with Crippen molar-refractivity contribution in [3.05, 3.63) is 30.9 Å². The van der Waals surface area contributed by atoms with E-state index in [0.29, 0.717) is 0 Å². The van der Waals surface area contributed by atoms with E-state index in [4.69, 9.17) is 9.88 Å². The first-order valence-electron chi connectivity index (χ1n) is 6.28. The van der Waals surface area contributed by atoms with Crippen LogP contribution in [-0.4, -0.2) is 20.9 Å². The van der Waals surface area contributed by atoms with Gasteiger partial charge in [0.25, 0.3) is 0 Å². The molecule has 116 valence electrons. The first-order chi connectivity index (χ1) is 9.57. The maximum Gasteiger partial charge on any atom is 0.243 e. The van der Waals surface area contributed by atoms with Gasteiger partial charge in [-0.2, -0.15) is 0 Å². The summed E-state index contributed by atoms with van der Waals surface area (Å²) in [6.07, 6.45) is 1.48. The minimum atomic E-state index is -4.06. The average Bonchev–Trinajstić information content (AvgIpc) is 2.33. The van der Waals surface area contributed by atoms with E-state index in [9.17, 15) is 13.2 Å². The number of rotatable bonds is 5. The van der Waals surface area contributed by atoms with Crippen LogP contribution in [0.3, 0.4) is 0 Å². The number of benzene rings is 1. The summed E-state index contributed by atoms with van der Waals surface area (Å²) < 4.78 is 28.9. The van der Waals surface area contributed by atoms with Crippen LogP contribution in [-0.2, 0) is 14.8 Å². The third kappa shape index (κ3) is 4.57. The van der Waals surface area contributed by atoms with Crippen molar-refractivity contribution in [2.75, 3.05) is 11.9 Å². The molecular weight excluding hydrogens is 292 g/mol. The minimum Gasteiger partial charge on any atom is -0.488 e. The smallest absolute Gasteiger partial charge is 0.243 e. The summed E-state index contributed by atoms with van der Waals surface area (Å²) in [5, 5.41) is 7.80. The number of ether oxygens (including phenoxy) is 1. The third-order valence-electron chi connectivity index (χ3n) is 2.55. The second-order valence-corrected chi connectivity index (χ2v) is 6.98. The Bertz CT molecular complexity index is 645. The van der Waals surface area contributed by atoms with Gasteiger partial charge in [0.15, 0.2) is 0 Å². The zero-order chi connectivity index (χ0) is 16.3. The van der Waals surface area contributed by atoms with Crippen molar-refractivity contribution in [2.45, 2.75) is 25.7 Å². The van der Waals surface area contributed by atoms with Crippen molar-refractivity contribution in [1.82, 2.24) is 0 Å². The molecule has 0 unspecified atom stereocenters. The zero-order valence-electron chi connectivity index (χ0n) is 12.3. The Hall–Kier alpha value is -1.86. The lowest BCUT2D eigenvalue weighted by Crippen LogP contribution is -2.29. The van der Waals surface area contributed by atoms with Crippen LogP contribution in [0.2, 0.25) is 0 Å². The molecule has 7 heteroatoms. The fourth-order valence-electron chi connectivity index (χ4n) is 1.48. The van der Waals surface area contributed by atoms with Crippen LogP contribution in [0.4, 0.5) is 5.69 Å². The van der Waals surface area contributed by atoms with E-state index in [0.717, 1.165) is 0 Å². The van der Waals surface area contributed by atoms with E-state index in [1.165, 1.54) is 18.2 Å². The molecule has 0 saturated heterocycles. The van der Waals surface area contributed by atoms with E-state index in [1.807, 2.05) is 0 Å². The molecule has 0 fully saturated rings. The molecule has 1 aromatic carbocycles. The van der Waals surface area contributed by atoms with Crippen LogP contribution in [0.25, 0.3) is 0 Å². The van der Waals surface area contributed by atoms with Gasteiger partial charge in [0.2, 0.25) is 15.9 Å². The first kappa shape index (κ1) is 17.2. The number of hydrogen-bond acceptors (Lipinski definition) is 4. The van der Waals surface area contributed by atoms with E-state index < -0.39 is 15.4 Å². The standard InChI is InChI=1S/C14H20N2O4S/c1-5-9-20-11-8-6-7-10(12(11)21(15,18)19)16-13(17)14(2,3)4/h5-8H,1,9H2,2-4H3,(H,16,17)(H2,15,18,19). The van der Waals surface area contributed by atoms with Gasteiger partial charge in [-0.25, -0.2) is 13.6 Å². The molecule has 6 nitrogen and oxygen atoms in total. The van der Waals surface area contributed by atoms with E-state index in [-0.39, 0.29) is 28.8 Å². The van der Waals surface area contributed by atoms with E-state index in [2.05, 4.69) is 11.9 Å². The van der Waals surface area contributed by atoms with Crippen LogP contribution in [0, 0.1) is 5.41 Å². The Kier molecular flexibility index (Phi) is 5.14. The highest BCUT2D eigenvalue weighted by atomic mass is 32.2. The summed E-state index contributed by atoms with van der Waals surface area (Å²) in [6, 6.07) is 4.51. The summed E-state index contributed by atoms with van der Waals surface area (Å²) in [4.78, 5) is 11.8. The van der Waals surface area contributed by atoms with Crippen molar-refractivity contribution in [2.24, 2.45) is 10.6 Å². The molecule has 0 radical (unpaired) electrons. The van der Waals surface area contributed by atoms with Gasteiger partial charge in [-0.1, -0.05) is 39.5 Å². The van der Waals surface area contributed by atoms with Crippen molar-refractivity contribution < 1.29 is 17.9 Å². The molecule has 21 heavy (non-hydrogen) atoms. The lowest BCUT2D eigenvalue weighted by Gasteiger charge is -2.20. The fraction of sp³-hybridized carbons (Fsp3) is 0.357. The summed E-state index contributed by atoms with van der Waals surface area (Å²) in [5.74, 6) is -0.252. The molecule has 0 aromatic heterocycles. The number of carbonyl (C=O) groups excluding carboxylic acids is 1. The first-order valence-corrected chi connectivity index (χ1v) is 7.83. The third-order valence-corrected chi connectivity index (χ3v) is 3.54. The molecule has 0 atom stereocenters. The molecular formula is C14H20N2O4S. The number of nitrogens with one attached hydrogen (secondary N) is 1. The summed E-state index contributed by atoms with van der Waals surface area (Å²) >= 11 is 0. The van der Waals surface area contributed by atoms with Crippen molar-refractivity contribution in [1.29, 1.82) is 0 Å². The molecule has 3 N–H and O–H groups in total. The van der Waals surface area contributed by atoms with Crippen molar-refractivity contribution >= 4 is 21.6 Å². The SMILES string of the molecule is C=CCOc1cccc(NC(=O)C(C)(C)C)c1S(N)(=O)=O. The van der Waals surface area contributed by atoms with Crippen molar-refractivity contribution in [3.63, 3.8) is 0 Å². The number of amides is 1. The Morgan fingerprint density at radius 1 is 1.43 bits per heavy atom. The molecule has 0 heterocycles. The quantitative estimate of drug-likeness (QED) is 0.811. The largest absolute Gasteiger partial charge is 0.488 e. The van der Waals surface area contributed by atoms with Crippen LogP contribution in [0.5, 0.6) is 5.75 Å². The predicted molar refractivity (Wildman–Crippen MR) is 81.6 cm³/mol. The highest BCUT2D eigenvalue weighted by molar-refractivity contribution is 7.89. The lowest BCUT2D eigenvalue weighted by molar-refractivity contribution is -0.123. The molecule has 1 aromatic rings. The molecule has 0 spiro atoms. The minimum absolute atomic E-state index is 0.0732. The molecule has 0 aliphatic heterocycles. The highest BCUT2D eigenvalue weighted by Crippen LogP contribution is 2.31. The lowest BCUT2D eigenvalue weighted by atomic mass is 9.95. The maximum absolute atomic E-state index is 12.0. The topological polar surface area (TPSA) is 98.5 Å². The number of anilines is 1. The normalized spacial score (nSPS) is 11.8. The Balaban J connectivity index is 3.32. The highest BCUT2D eigenvalue weighted by Gasteiger charge is 2.26. The Morgan fingerprint density at radius 2 is 2.05 bits per heavy atom. The molecule has 1 amide bonds. The van der Waals surface area contributed by atoms with Gasteiger partial charge in [0, 0.05) is 5.41 Å². The van der Waals surface area contributed by atoms with Gasteiger partial charge in [-0.3, -0.25) is 4.79 Å². The van der Waals surface area contributed by atoms with Gasteiger partial charge in [0.05, 0.1) is 5.69 Å². The molecule has 1 rings (SSSR count).